The Hall–Kier alpha value is -1.97. The Kier molecular flexibility index (Phi) is 6.29. The summed E-state index contributed by atoms with van der Waals surface area (Å²) in [5.41, 5.74) is 5.01. The van der Waals surface area contributed by atoms with Crippen molar-refractivity contribution in [3.8, 4) is 11.5 Å². The van der Waals surface area contributed by atoms with Crippen molar-refractivity contribution in [1.29, 1.82) is 0 Å². The van der Waals surface area contributed by atoms with Crippen LogP contribution in [0.5, 0.6) is 11.5 Å². The van der Waals surface area contributed by atoms with Crippen molar-refractivity contribution in [3.05, 3.63) is 65.2 Å². The molecule has 4 heteroatoms. The summed E-state index contributed by atoms with van der Waals surface area (Å²) in [5.74, 6) is 1.27. The number of phenolic OH excluding ortho intramolecular Hbond substituents is 1. The molecule has 0 amide bonds. The third-order valence-electron chi connectivity index (χ3n) is 4.10. The fourth-order valence-electron chi connectivity index (χ4n) is 3.11. The highest BCUT2D eigenvalue weighted by atomic mass is 35.5. The minimum absolute atomic E-state index is 0. The Balaban J connectivity index is 0.00000208. The van der Waals surface area contributed by atoms with Gasteiger partial charge in [-0.1, -0.05) is 30.3 Å². The van der Waals surface area contributed by atoms with Crippen LogP contribution in [-0.4, -0.2) is 37.3 Å². The first-order valence-corrected chi connectivity index (χ1v) is 7.99. The van der Waals surface area contributed by atoms with Gasteiger partial charge in [0.15, 0.2) is 0 Å². The second kappa shape index (κ2) is 8.22. The van der Waals surface area contributed by atoms with Gasteiger partial charge in [-0.3, -0.25) is 0 Å². The van der Waals surface area contributed by atoms with Crippen LogP contribution in [0, 0.1) is 0 Å². The van der Waals surface area contributed by atoms with Gasteiger partial charge in [0.25, 0.3) is 0 Å². The Morgan fingerprint density at radius 1 is 1.08 bits per heavy atom. The zero-order chi connectivity index (χ0) is 16.2. The number of halogens is 1. The Morgan fingerprint density at radius 2 is 1.88 bits per heavy atom. The number of benzene rings is 2. The predicted octanol–water partition coefficient (Wildman–Crippen LogP) is 4.15. The molecule has 1 aliphatic rings. The second-order valence-corrected chi connectivity index (χ2v) is 6.26. The van der Waals surface area contributed by atoms with Gasteiger partial charge < -0.3 is 14.7 Å². The van der Waals surface area contributed by atoms with Gasteiger partial charge in [-0.05, 0) is 55.4 Å². The molecule has 0 aromatic heterocycles. The average Bonchev–Trinajstić information content (AvgIpc) is 2.67. The number of para-hydroxylation sites is 1. The fourth-order valence-corrected chi connectivity index (χ4v) is 3.11. The summed E-state index contributed by atoms with van der Waals surface area (Å²) in [7, 11) is 4.19. The second-order valence-electron chi connectivity index (χ2n) is 6.26. The fraction of sp³-hybridized carbons (Fsp3) is 0.300. The average molecular weight is 346 g/mol. The van der Waals surface area contributed by atoms with Crippen molar-refractivity contribution >= 4 is 18.0 Å². The molecule has 0 fully saturated rings. The van der Waals surface area contributed by atoms with Crippen molar-refractivity contribution in [2.75, 3.05) is 27.2 Å². The molecule has 128 valence electrons. The summed E-state index contributed by atoms with van der Waals surface area (Å²) in [4.78, 5) is 2.20. The summed E-state index contributed by atoms with van der Waals surface area (Å²) in [6.45, 7) is 1.63. The number of fused-ring (bicyclic) bond motifs is 1. The van der Waals surface area contributed by atoms with E-state index < -0.39 is 0 Å². The lowest BCUT2D eigenvalue weighted by atomic mass is 9.92. The summed E-state index contributed by atoms with van der Waals surface area (Å²) < 4.78 is 5.94. The molecule has 0 saturated carbocycles. The molecule has 0 saturated heterocycles. The van der Waals surface area contributed by atoms with Gasteiger partial charge in [0, 0.05) is 18.5 Å². The molecule has 0 spiro atoms. The van der Waals surface area contributed by atoms with Crippen LogP contribution >= 0.6 is 12.4 Å². The van der Waals surface area contributed by atoms with E-state index in [1.165, 1.54) is 16.7 Å². The van der Waals surface area contributed by atoms with Crippen LogP contribution in [0.3, 0.4) is 0 Å². The first-order chi connectivity index (χ1) is 11.1. The minimum atomic E-state index is 0. The standard InChI is InChI=1S/C20H23NO2.ClH/c1-21(2)14-16-10-11-23-20-9-4-3-8-18(20)19(16)13-15-6-5-7-17(22)12-15;/h3-9,12,22H,10-11,13-14H2,1-2H3;1H. The highest BCUT2D eigenvalue weighted by Crippen LogP contribution is 2.35. The minimum Gasteiger partial charge on any atom is -0.508 e. The van der Waals surface area contributed by atoms with Crippen molar-refractivity contribution in [1.82, 2.24) is 4.90 Å². The van der Waals surface area contributed by atoms with E-state index in [0.29, 0.717) is 12.4 Å². The molecule has 1 heterocycles. The van der Waals surface area contributed by atoms with Crippen LogP contribution < -0.4 is 4.74 Å². The predicted molar refractivity (Wildman–Crippen MR) is 101 cm³/mol. The smallest absolute Gasteiger partial charge is 0.126 e. The number of nitrogens with zero attached hydrogens (tertiary/aromatic N) is 1. The van der Waals surface area contributed by atoms with E-state index in [4.69, 9.17) is 4.74 Å². The highest BCUT2D eigenvalue weighted by molar-refractivity contribution is 5.85. The molecule has 1 aliphatic heterocycles. The molecule has 0 bridgehead atoms. The SMILES string of the molecule is CN(C)CC1=C(Cc2cccc(O)c2)c2ccccc2OCC1.Cl. The number of ether oxygens (including phenoxy) is 1. The summed E-state index contributed by atoms with van der Waals surface area (Å²) in [5, 5.41) is 9.76. The van der Waals surface area contributed by atoms with E-state index in [1.807, 2.05) is 24.3 Å². The topological polar surface area (TPSA) is 32.7 Å². The quantitative estimate of drug-likeness (QED) is 0.903. The van der Waals surface area contributed by atoms with E-state index in [2.05, 4.69) is 37.2 Å². The third kappa shape index (κ3) is 4.31. The van der Waals surface area contributed by atoms with Gasteiger partial charge in [0.2, 0.25) is 0 Å². The Bertz CT molecular complexity index is 725. The molecule has 24 heavy (non-hydrogen) atoms. The van der Waals surface area contributed by atoms with E-state index in [0.717, 1.165) is 30.7 Å². The van der Waals surface area contributed by atoms with E-state index in [-0.39, 0.29) is 12.4 Å². The van der Waals surface area contributed by atoms with E-state index in [9.17, 15) is 5.11 Å². The summed E-state index contributed by atoms with van der Waals surface area (Å²) in [6.07, 6.45) is 1.74. The molecule has 2 aromatic carbocycles. The largest absolute Gasteiger partial charge is 0.508 e. The van der Waals surface area contributed by atoms with Crippen molar-refractivity contribution in [2.24, 2.45) is 0 Å². The van der Waals surface area contributed by atoms with Crippen LogP contribution in [-0.2, 0) is 6.42 Å². The lowest BCUT2D eigenvalue weighted by molar-refractivity contribution is 0.318. The van der Waals surface area contributed by atoms with E-state index in [1.54, 1.807) is 6.07 Å². The van der Waals surface area contributed by atoms with Crippen molar-refractivity contribution in [2.45, 2.75) is 12.8 Å². The van der Waals surface area contributed by atoms with Crippen LogP contribution in [0.25, 0.3) is 5.57 Å². The number of hydrogen-bond acceptors (Lipinski definition) is 3. The molecule has 0 unspecified atom stereocenters. The van der Waals surface area contributed by atoms with E-state index >= 15 is 0 Å². The molecule has 3 rings (SSSR count). The van der Waals surface area contributed by atoms with Crippen LogP contribution in [0.4, 0.5) is 0 Å². The molecule has 0 atom stereocenters. The lowest BCUT2D eigenvalue weighted by Gasteiger charge is -2.18. The summed E-state index contributed by atoms with van der Waals surface area (Å²) >= 11 is 0. The molecule has 0 radical (unpaired) electrons. The maximum Gasteiger partial charge on any atom is 0.126 e. The number of phenols is 1. The number of allylic oxidation sites excluding steroid dienone is 1. The van der Waals surface area contributed by atoms with Crippen LogP contribution in [0.15, 0.2) is 54.1 Å². The monoisotopic (exact) mass is 345 g/mol. The molecule has 3 nitrogen and oxygen atoms in total. The molecular weight excluding hydrogens is 322 g/mol. The van der Waals surface area contributed by atoms with Gasteiger partial charge in [0.1, 0.15) is 11.5 Å². The first-order valence-electron chi connectivity index (χ1n) is 7.99. The van der Waals surface area contributed by atoms with Gasteiger partial charge in [-0.25, -0.2) is 0 Å². The van der Waals surface area contributed by atoms with Crippen LogP contribution in [0.2, 0.25) is 0 Å². The molecule has 1 N–H and O–H groups in total. The number of aromatic hydroxyl groups is 1. The maximum atomic E-state index is 9.76. The normalized spacial score (nSPS) is 13.8. The first kappa shape index (κ1) is 18.4. The molecule has 2 aromatic rings. The van der Waals surface area contributed by atoms with Crippen LogP contribution in [0.1, 0.15) is 17.5 Å². The zero-order valence-electron chi connectivity index (χ0n) is 14.2. The number of rotatable bonds is 4. The lowest BCUT2D eigenvalue weighted by Crippen LogP contribution is -2.17. The van der Waals surface area contributed by atoms with Gasteiger partial charge in [-0.2, -0.15) is 0 Å². The highest BCUT2D eigenvalue weighted by Gasteiger charge is 2.18. The number of hydrogen-bond donors (Lipinski definition) is 1. The molecule has 0 aliphatic carbocycles. The summed E-state index contributed by atoms with van der Waals surface area (Å²) in [6, 6.07) is 15.8. The Morgan fingerprint density at radius 3 is 2.62 bits per heavy atom. The van der Waals surface area contributed by atoms with Crippen molar-refractivity contribution in [3.63, 3.8) is 0 Å². The van der Waals surface area contributed by atoms with Gasteiger partial charge in [0.05, 0.1) is 6.61 Å². The van der Waals surface area contributed by atoms with Gasteiger partial charge in [-0.15, -0.1) is 12.4 Å². The number of likely N-dealkylation sites (N-methyl/N-ethyl adjacent to an activating group) is 1. The van der Waals surface area contributed by atoms with Gasteiger partial charge >= 0.3 is 0 Å². The molecular formula is C20H24ClNO2. The Labute approximate surface area is 150 Å². The zero-order valence-corrected chi connectivity index (χ0v) is 15.0. The van der Waals surface area contributed by atoms with Crippen molar-refractivity contribution < 1.29 is 9.84 Å². The maximum absolute atomic E-state index is 9.76. The third-order valence-corrected chi connectivity index (χ3v) is 4.10.